The molecule has 7 nitrogen and oxygen atoms in total. The van der Waals surface area contributed by atoms with Crippen molar-refractivity contribution in [3.05, 3.63) is 65.5 Å². The van der Waals surface area contributed by atoms with Crippen molar-refractivity contribution in [3.63, 3.8) is 0 Å². The van der Waals surface area contributed by atoms with Gasteiger partial charge in [0.25, 0.3) is 5.91 Å². The van der Waals surface area contributed by atoms with Gasteiger partial charge in [0.05, 0.1) is 19.2 Å². The summed E-state index contributed by atoms with van der Waals surface area (Å²) < 4.78 is 24.8. The van der Waals surface area contributed by atoms with Crippen molar-refractivity contribution in [1.29, 1.82) is 0 Å². The predicted molar refractivity (Wildman–Crippen MR) is 130 cm³/mol. The van der Waals surface area contributed by atoms with Gasteiger partial charge in [0, 0.05) is 43.9 Å². The number of nitrogens with zero attached hydrogens (tertiary/aromatic N) is 4. The highest BCUT2D eigenvalue weighted by Gasteiger charge is 2.28. The average molecular weight is 467 g/mol. The second-order valence-electron chi connectivity index (χ2n) is 8.57. The topological polar surface area (TPSA) is 62.1 Å². The number of aromatic nitrogens is 1. The first-order valence-electron chi connectivity index (χ1n) is 11.6. The van der Waals surface area contributed by atoms with Gasteiger partial charge in [-0.15, -0.1) is 0 Å². The number of halogens is 1. The number of methoxy groups -OCH3 is 1. The quantitative estimate of drug-likeness (QED) is 0.494. The van der Waals surface area contributed by atoms with E-state index in [0.717, 1.165) is 43.7 Å². The molecule has 2 aromatic carbocycles. The van der Waals surface area contributed by atoms with Crippen LogP contribution in [0.15, 0.2) is 53.1 Å². The minimum atomic E-state index is -0.311. The van der Waals surface area contributed by atoms with E-state index in [2.05, 4.69) is 22.0 Å². The molecule has 0 radical (unpaired) electrons. The zero-order valence-corrected chi connectivity index (χ0v) is 20.0. The molecule has 180 valence electrons. The summed E-state index contributed by atoms with van der Waals surface area (Å²) in [6, 6.07) is 13.4. The first-order valence-corrected chi connectivity index (χ1v) is 11.6. The third-order valence-electron chi connectivity index (χ3n) is 6.12. The van der Waals surface area contributed by atoms with E-state index in [-0.39, 0.29) is 11.7 Å². The van der Waals surface area contributed by atoms with E-state index in [9.17, 15) is 9.18 Å². The highest BCUT2D eigenvalue weighted by atomic mass is 19.1. The van der Waals surface area contributed by atoms with Crippen molar-refractivity contribution >= 4 is 11.8 Å². The Morgan fingerprint density at radius 2 is 1.88 bits per heavy atom. The Bertz CT molecular complexity index is 1110. The van der Waals surface area contributed by atoms with E-state index in [4.69, 9.17) is 9.26 Å². The predicted octanol–water partition coefficient (Wildman–Crippen LogP) is 4.29. The number of likely N-dealkylation sites (N-methyl/N-ethyl adjacent to an activating group) is 1. The van der Waals surface area contributed by atoms with Crippen LogP contribution in [0.5, 0.6) is 5.75 Å². The molecule has 3 aromatic rings. The third kappa shape index (κ3) is 5.22. The number of rotatable bonds is 8. The molecule has 1 saturated heterocycles. The van der Waals surface area contributed by atoms with Crippen LogP contribution in [-0.4, -0.2) is 67.7 Å². The molecule has 34 heavy (non-hydrogen) atoms. The summed E-state index contributed by atoms with van der Waals surface area (Å²) in [4.78, 5) is 19.8. The molecule has 1 fully saturated rings. The lowest BCUT2D eigenvalue weighted by Gasteiger charge is -2.33. The highest BCUT2D eigenvalue weighted by molar-refractivity contribution is 5.94. The van der Waals surface area contributed by atoms with Crippen molar-refractivity contribution in [3.8, 4) is 17.0 Å². The Morgan fingerprint density at radius 1 is 1.15 bits per heavy atom. The third-order valence-corrected chi connectivity index (χ3v) is 6.12. The number of carbonyl (C=O) groups excluding carboxylic acids is 1. The van der Waals surface area contributed by atoms with Gasteiger partial charge in [-0.1, -0.05) is 18.1 Å². The largest absolute Gasteiger partial charge is 0.497 e. The zero-order chi connectivity index (χ0) is 24.1. The number of carbonyl (C=O) groups is 1. The van der Waals surface area contributed by atoms with Gasteiger partial charge in [-0.2, -0.15) is 0 Å². The highest BCUT2D eigenvalue weighted by Crippen LogP contribution is 2.33. The van der Waals surface area contributed by atoms with Crippen LogP contribution in [-0.2, 0) is 6.54 Å². The molecule has 0 atom stereocenters. The molecule has 0 unspecified atom stereocenters. The Morgan fingerprint density at radius 3 is 2.56 bits per heavy atom. The van der Waals surface area contributed by atoms with Gasteiger partial charge in [-0.05, 0) is 55.9 Å². The van der Waals surface area contributed by atoms with Crippen molar-refractivity contribution < 1.29 is 18.4 Å². The molecular formula is C26H31FN4O3. The van der Waals surface area contributed by atoms with Gasteiger partial charge in [-0.25, -0.2) is 4.39 Å². The monoisotopic (exact) mass is 466 g/mol. The fourth-order valence-corrected chi connectivity index (χ4v) is 4.19. The van der Waals surface area contributed by atoms with Gasteiger partial charge in [0.1, 0.15) is 17.3 Å². The van der Waals surface area contributed by atoms with E-state index in [0.29, 0.717) is 36.0 Å². The number of benzene rings is 2. The van der Waals surface area contributed by atoms with Crippen LogP contribution in [0.4, 0.5) is 10.3 Å². The standard InChI is InChI=1S/C26H31FN4O3/c1-4-12-31(25(32)20-6-5-7-22(17-20)33-3)18-23-24(19-8-10-21(27)11-9-19)28-34-26(23)30-15-13-29(2)14-16-30/h5-11,17H,4,12-16,18H2,1-3H3. The first kappa shape index (κ1) is 23.8. The first-order chi connectivity index (χ1) is 16.5. The van der Waals surface area contributed by atoms with Crippen molar-refractivity contribution in [2.24, 2.45) is 0 Å². The molecule has 0 N–H and O–H groups in total. The van der Waals surface area contributed by atoms with Crippen LogP contribution in [0.25, 0.3) is 11.3 Å². The van der Waals surface area contributed by atoms with E-state index in [1.165, 1.54) is 12.1 Å². The molecule has 0 aliphatic carbocycles. The molecule has 8 heteroatoms. The Kier molecular flexibility index (Phi) is 7.47. The van der Waals surface area contributed by atoms with E-state index in [1.807, 2.05) is 24.0 Å². The second-order valence-corrected chi connectivity index (χ2v) is 8.57. The number of ether oxygens (including phenoxy) is 1. The summed E-state index contributed by atoms with van der Waals surface area (Å²) in [6.45, 7) is 6.38. The Balaban J connectivity index is 1.71. The summed E-state index contributed by atoms with van der Waals surface area (Å²) in [5.74, 6) is 0.912. The molecule has 2 heterocycles. The maximum atomic E-state index is 13.6. The summed E-state index contributed by atoms with van der Waals surface area (Å²) in [6.07, 6.45) is 0.802. The summed E-state index contributed by atoms with van der Waals surface area (Å²) in [5.41, 5.74) is 2.79. The number of amides is 1. The minimum absolute atomic E-state index is 0.0867. The minimum Gasteiger partial charge on any atom is -0.497 e. The van der Waals surface area contributed by atoms with E-state index >= 15 is 0 Å². The summed E-state index contributed by atoms with van der Waals surface area (Å²) >= 11 is 0. The lowest BCUT2D eigenvalue weighted by atomic mass is 10.1. The normalized spacial score (nSPS) is 14.3. The second kappa shape index (κ2) is 10.7. The summed E-state index contributed by atoms with van der Waals surface area (Å²) in [7, 11) is 3.68. The average Bonchev–Trinajstić information content (AvgIpc) is 3.27. The molecule has 1 aliphatic heterocycles. The molecule has 1 aliphatic rings. The lowest BCUT2D eigenvalue weighted by molar-refractivity contribution is 0.0743. The van der Waals surface area contributed by atoms with Gasteiger partial charge in [-0.3, -0.25) is 4.79 Å². The van der Waals surface area contributed by atoms with Crippen LogP contribution < -0.4 is 9.64 Å². The van der Waals surface area contributed by atoms with Gasteiger partial charge >= 0.3 is 0 Å². The number of hydrogen-bond acceptors (Lipinski definition) is 6. The smallest absolute Gasteiger partial charge is 0.254 e. The number of hydrogen-bond donors (Lipinski definition) is 0. The molecule has 1 amide bonds. The molecule has 1 aromatic heterocycles. The molecule has 0 saturated carbocycles. The fourth-order valence-electron chi connectivity index (χ4n) is 4.19. The molecule has 4 rings (SSSR count). The van der Waals surface area contributed by atoms with Crippen LogP contribution in [0.1, 0.15) is 29.3 Å². The maximum absolute atomic E-state index is 13.6. The van der Waals surface area contributed by atoms with Crippen molar-refractivity contribution in [2.75, 3.05) is 51.8 Å². The maximum Gasteiger partial charge on any atom is 0.254 e. The molecule has 0 bridgehead atoms. The summed E-state index contributed by atoms with van der Waals surface area (Å²) in [5, 5.41) is 4.37. The molecule has 0 spiro atoms. The van der Waals surface area contributed by atoms with Gasteiger partial charge < -0.3 is 24.0 Å². The van der Waals surface area contributed by atoms with Crippen LogP contribution in [0, 0.1) is 5.82 Å². The Hall–Kier alpha value is -3.39. The van der Waals surface area contributed by atoms with Crippen LogP contribution in [0.2, 0.25) is 0 Å². The number of anilines is 1. The van der Waals surface area contributed by atoms with Crippen LogP contribution >= 0.6 is 0 Å². The fraction of sp³-hybridized carbons (Fsp3) is 0.385. The van der Waals surface area contributed by atoms with E-state index < -0.39 is 0 Å². The van der Waals surface area contributed by atoms with Crippen molar-refractivity contribution in [2.45, 2.75) is 19.9 Å². The zero-order valence-electron chi connectivity index (χ0n) is 20.0. The van der Waals surface area contributed by atoms with Gasteiger partial charge in [0.15, 0.2) is 0 Å². The molecular weight excluding hydrogens is 435 g/mol. The van der Waals surface area contributed by atoms with Crippen molar-refractivity contribution in [1.82, 2.24) is 15.0 Å². The SMILES string of the molecule is CCCN(Cc1c(-c2ccc(F)cc2)noc1N1CCN(C)CC1)C(=O)c1cccc(OC)c1. The lowest BCUT2D eigenvalue weighted by Crippen LogP contribution is -2.45. The van der Waals surface area contributed by atoms with Crippen LogP contribution in [0.3, 0.4) is 0 Å². The Labute approximate surface area is 199 Å². The number of piperazine rings is 1. The van der Waals surface area contributed by atoms with Gasteiger partial charge in [0.2, 0.25) is 5.88 Å². The van der Waals surface area contributed by atoms with E-state index in [1.54, 1.807) is 31.4 Å².